The third-order valence-electron chi connectivity index (χ3n) is 2.59. The van der Waals surface area contributed by atoms with Gasteiger partial charge in [0.1, 0.15) is 5.70 Å². The van der Waals surface area contributed by atoms with Gasteiger partial charge in [-0.1, -0.05) is 0 Å². The van der Waals surface area contributed by atoms with Crippen molar-refractivity contribution in [1.29, 1.82) is 0 Å². The molecule has 0 bridgehead atoms. The normalized spacial score (nSPS) is 29.8. The first-order chi connectivity index (χ1) is 7.31. The molecule has 1 fully saturated rings. The Hall–Kier alpha value is -0.680. The van der Waals surface area contributed by atoms with Crippen LogP contribution < -0.4 is 10.6 Å². The van der Waals surface area contributed by atoms with Gasteiger partial charge in [-0.2, -0.15) is 0 Å². The zero-order chi connectivity index (χ0) is 10.7. The number of rotatable bonds is 3. The maximum Gasteiger partial charge on any atom is 0.354 e. The van der Waals surface area contributed by atoms with Crippen molar-refractivity contribution in [3.05, 3.63) is 11.1 Å². The average Bonchev–Trinajstić information content (AvgIpc) is 2.89. The van der Waals surface area contributed by atoms with Gasteiger partial charge in [0.05, 0.1) is 12.0 Å². The molecule has 0 radical (unpaired) electrons. The summed E-state index contributed by atoms with van der Waals surface area (Å²) in [5.74, 6) is -0.245. The molecule has 2 N–H and O–H groups in total. The van der Waals surface area contributed by atoms with Crippen LogP contribution in [0.4, 0.5) is 0 Å². The standard InChI is InChI=1S/C10H16N2O2S/c1-2-14-10(13)8-6-15-9(12-8)7-4-3-5-11-7/h6-7,9,11-12H,2-5H2,1H3. The van der Waals surface area contributed by atoms with E-state index in [1.54, 1.807) is 11.8 Å². The third kappa shape index (κ3) is 2.46. The zero-order valence-corrected chi connectivity index (χ0v) is 9.60. The summed E-state index contributed by atoms with van der Waals surface area (Å²) in [6.07, 6.45) is 2.40. The Bertz CT molecular complexity index is 275. The number of nitrogens with one attached hydrogen (secondary N) is 2. The third-order valence-corrected chi connectivity index (χ3v) is 3.70. The molecule has 0 spiro atoms. The summed E-state index contributed by atoms with van der Waals surface area (Å²) in [5, 5.41) is 8.77. The van der Waals surface area contributed by atoms with Crippen LogP contribution >= 0.6 is 11.8 Å². The minimum absolute atomic E-state index is 0.245. The van der Waals surface area contributed by atoms with Crippen molar-refractivity contribution in [2.45, 2.75) is 31.2 Å². The molecule has 2 heterocycles. The maximum atomic E-state index is 11.4. The molecule has 0 amide bonds. The van der Waals surface area contributed by atoms with E-state index in [1.165, 1.54) is 12.8 Å². The molecule has 0 aromatic heterocycles. The first-order valence-electron chi connectivity index (χ1n) is 5.34. The van der Waals surface area contributed by atoms with Gasteiger partial charge in [-0.05, 0) is 26.3 Å². The molecule has 0 aliphatic carbocycles. The minimum Gasteiger partial charge on any atom is -0.461 e. The Morgan fingerprint density at radius 3 is 3.27 bits per heavy atom. The van der Waals surface area contributed by atoms with Gasteiger partial charge in [-0.15, -0.1) is 11.8 Å². The number of carbonyl (C=O) groups is 1. The molecule has 2 atom stereocenters. The van der Waals surface area contributed by atoms with E-state index < -0.39 is 0 Å². The van der Waals surface area contributed by atoms with Gasteiger partial charge in [-0.25, -0.2) is 4.79 Å². The van der Waals surface area contributed by atoms with Crippen LogP contribution in [0.15, 0.2) is 11.1 Å². The molecule has 0 saturated carbocycles. The van der Waals surface area contributed by atoms with E-state index in [0.29, 0.717) is 18.3 Å². The Kier molecular flexibility index (Phi) is 3.53. The molecule has 4 nitrogen and oxygen atoms in total. The lowest BCUT2D eigenvalue weighted by Gasteiger charge is -2.19. The number of thioether (sulfide) groups is 1. The molecule has 15 heavy (non-hydrogen) atoms. The SMILES string of the molecule is CCOC(=O)C1=CSC(C2CCCN2)N1. The van der Waals surface area contributed by atoms with Gasteiger partial charge in [-0.3, -0.25) is 0 Å². The number of esters is 1. The number of hydrogen-bond acceptors (Lipinski definition) is 5. The first-order valence-corrected chi connectivity index (χ1v) is 6.28. The van der Waals surface area contributed by atoms with Crippen LogP contribution in [-0.4, -0.2) is 30.5 Å². The molecule has 2 aliphatic rings. The molecule has 0 aromatic rings. The van der Waals surface area contributed by atoms with Crippen molar-refractivity contribution in [1.82, 2.24) is 10.6 Å². The van der Waals surface area contributed by atoms with Crippen LogP contribution in [0.25, 0.3) is 0 Å². The van der Waals surface area contributed by atoms with Crippen molar-refractivity contribution in [3.8, 4) is 0 Å². The molecule has 1 saturated heterocycles. The van der Waals surface area contributed by atoms with E-state index in [2.05, 4.69) is 10.6 Å². The maximum absolute atomic E-state index is 11.4. The van der Waals surface area contributed by atoms with Crippen molar-refractivity contribution >= 4 is 17.7 Å². The molecule has 2 aliphatic heterocycles. The molecule has 2 unspecified atom stereocenters. The smallest absolute Gasteiger partial charge is 0.354 e. The largest absolute Gasteiger partial charge is 0.461 e. The van der Waals surface area contributed by atoms with Crippen LogP contribution in [0.3, 0.4) is 0 Å². The summed E-state index contributed by atoms with van der Waals surface area (Å²) in [6.45, 7) is 3.32. The summed E-state index contributed by atoms with van der Waals surface area (Å²) in [5.41, 5.74) is 0.598. The second-order valence-corrected chi connectivity index (χ2v) is 4.67. The summed E-state index contributed by atoms with van der Waals surface area (Å²) >= 11 is 1.67. The van der Waals surface area contributed by atoms with Crippen molar-refractivity contribution in [3.63, 3.8) is 0 Å². The predicted octanol–water partition coefficient (Wildman–Crippen LogP) is 0.805. The van der Waals surface area contributed by atoms with E-state index in [0.717, 1.165) is 6.54 Å². The monoisotopic (exact) mass is 228 g/mol. The van der Waals surface area contributed by atoms with E-state index in [1.807, 2.05) is 12.3 Å². The highest BCUT2D eigenvalue weighted by Crippen LogP contribution is 2.27. The summed E-state index contributed by atoms with van der Waals surface area (Å²) in [4.78, 5) is 11.4. The topological polar surface area (TPSA) is 50.4 Å². The van der Waals surface area contributed by atoms with E-state index >= 15 is 0 Å². The van der Waals surface area contributed by atoms with Crippen LogP contribution in [0.1, 0.15) is 19.8 Å². The van der Waals surface area contributed by atoms with Crippen LogP contribution in [0.2, 0.25) is 0 Å². The van der Waals surface area contributed by atoms with Crippen molar-refractivity contribution in [2.24, 2.45) is 0 Å². The second kappa shape index (κ2) is 4.90. The molecule has 5 heteroatoms. The van der Waals surface area contributed by atoms with Gasteiger partial charge < -0.3 is 15.4 Å². The first kappa shape index (κ1) is 10.8. The van der Waals surface area contributed by atoms with Crippen LogP contribution in [0.5, 0.6) is 0 Å². The van der Waals surface area contributed by atoms with Crippen LogP contribution in [-0.2, 0) is 9.53 Å². The van der Waals surface area contributed by atoms with Crippen LogP contribution in [0, 0.1) is 0 Å². The fraction of sp³-hybridized carbons (Fsp3) is 0.700. The fourth-order valence-electron chi connectivity index (χ4n) is 1.84. The number of hydrogen-bond donors (Lipinski definition) is 2. The minimum atomic E-state index is -0.245. The lowest BCUT2D eigenvalue weighted by atomic mass is 10.2. The van der Waals surface area contributed by atoms with E-state index in [-0.39, 0.29) is 11.3 Å². The Balaban J connectivity index is 1.84. The quantitative estimate of drug-likeness (QED) is 0.700. The van der Waals surface area contributed by atoms with E-state index in [9.17, 15) is 4.79 Å². The van der Waals surface area contributed by atoms with Crippen molar-refractivity contribution < 1.29 is 9.53 Å². The van der Waals surface area contributed by atoms with Gasteiger partial charge in [0, 0.05) is 11.4 Å². The summed E-state index contributed by atoms with van der Waals surface area (Å²) in [6, 6.07) is 0.471. The summed E-state index contributed by atoms with van der Waals surface area (Å²) < 4.78 is 4.93. The number of carbonyl (C=O) groups excluding carboxylic acids is 1. The molecular formula is C10H16N2O2S. The highest BCUT2D eigenvalue weighted by Gasteiger charge is 2.30. The highest BCUT2D eigenvalue weighted by molar-refractivity contribution is 8.03. The summed E-state index contributed by atoms with van der Waals surface area (Å²) in [7, 11) is 0. The highest BCUT2D eigenvalue weighted by atomic mass is 32.2. The number of ether oxygens (including phenoxy) is 1. The molecule has 0 aromatic carbocycles. The van der Waals surface area contributed by atoms with Gasteiger partial charge in [0.25, 0.3) is 0 Å². The molecule has 2 rings (SSSR count). The molecule has 84 valence electrons. The van der Waals surface area contributed by atoms with E-state index in [4.69, 9.17) is 4.74 Å². The van der Waals surface area contributed by atoms with Gasteiger partial charge in [0.2, 0.25) is 0 Å². The Morgan fingerprint density at radius 1 is 1.73 bits per heavy atom. The Labute approximate surface area is 93.8 Å². The predicted molar refractivity (Wildman–Crippen MR) is 60.3 cm³/mol. The zero-order valence-electron chi connectivity index (χ0n) is 8.79. The average molecular weight is 228 g/mol. The van der Waals surface area contributed by atoms with Gasteiger partial charge in [0.15, 0.2) is 0 Å². The lowest BCUT2D eigenvalue weighted by molar-refractivity contribution is -0.138. The fourth-order valence-corrected chi connectivity index (χ4v) is 2.91. The van der Waals surface area contributed by atoms with Gasteiger partial charge >= 0.3 is 5.97 Å². The lowest BCUT2D eigenvalue weighted by Crippen LogP contribution is -2.40. The second-order valence-electron chi connectivity index (χ2n) is 3.66. The van der Waals surface area contributed by atoms with Crippen molar-refractivity contribution in [2.75, 3.05) is 13.2 Å². The Morgan fingerprint density at radius 2 is 2.60 bits per heavy atom. The molecular weight excluding hydrogens is 212 g/mol.